The highest BCUT2D eigenvalue weighted by molar-refractivity contribution is 5.80. The molecule has 0 aromatic heterocycles. The van der Waals surface area contributed by atoms with E-state index >= 15 is 0 Å². The molecule has 1 rings (SSSR count). The number of nitrogens with zero attached hydrogens (tertiary/aromatic N) is 1. The molecule has 1 aliphatic carbocycles. The van der Waals surface area contributed by atoms with Gasteiger partial charge in [-0.1, -0.05) is 0 Å². The molecule has 0 bridgehead atoms. The minimum Gasteiger partial charge on any atom is -0.480 e. The lowest BCUT2D eigenvalue weighted by molar-refractivity contribution is -0.138. The monoisotopic (exact) mass is 272 g/mol. The average molecular weight is 272 g/mol. The number of hydrogen-bond donors (Lipinski definition) is 2. The van der Waals surface area contributed by atoms with Gasteiger partial charge in [-0.3, -0.25) is 4.79 Å². The Morgan fingerprint density at radius 2 is 2.11 bits per heavy atom. The first-order valence-electron chi connectivity index (χ1n) is 6.84. The van der Waals surface area contributed by atoms with E-state index in [1.807, 2.05) is 0 Å². The minimum atomic E-state index is -1.00. The lowest BCUT2D eigenvalue weighted by Crippen LogP contribution is -2.46. The van der Waals surface area contributed by atoms with Gasteiger partial charge in [0.1, 0.15) is 6.54 Å². The molecule has 0 atom stereocenters. The zero-order valence-electron chi connectivity index (χ0n) is 11.7. The fourth-order valence-electron chi connectivity index (χ4n) is 1.64. The van der Waals surface area contributed by atoms with Crippen molar-refractivity contribution >= 4 is 12.0 Å². The van der Waals surface area contributed by atoms with Gasteiger partial charge in [-0.25, -0.2) is 4.79 Å². The third-order valence-corrected chi connectivity index (χ3v) is 2.98. The Morgan fingerprint density at radius 3 is 2.63 bits per heavy atom. The average Bonchev–Trinajstić information content (AvgIpc) is 3.13. The summed E-state index contributed by atoms with van der Waals surface area (Å²) in [6, 6.07) is -0.471. The van der Waals surface area contributed by atoms with Crippen molar-refractivity contribution in [3.8, 4) is 0 Å². The van der Waals surface area contributed by atoms with Gasteiger partial charge in [0.15, 0.2) is 0 Å². The summed E-state index contributed by atoms with van der Waals surface area (Å²) in [6.07, 6.45) is 3.29. The zero-order valence-corrected chi connectivity index (χ0v) is 11.7. The van der Waals surface area contributed by atoms with Gasteiger partial charge in [-0.05, 0) is 39.0 Å². The number of amides is 2. The molecule has 0 heterocycles. The molecule has 0 aromatic carbocycles. The van der Waals surface area contributed by atoms with Crippen molar-refractivity contribution in [3.63, 3.8) is 0 Å². The van der Waals surface area contributed by atoms with Crippen LogP contribution in [0.3, 0.4) is 0 Å². The Kier molecular flexibility index (Phi) is 6.62. The number of aliphatic carboxylic acids is 1. The summed E-state index contributed by atoms with van der Waals surface area (Å²) in [6.45, 7) is 5.28. The third kappa shape index (κ3) is 7.00. The molecule has 110 valence electrons. The number of ether oxygens (including phenoxy) is 1. The van der Waals surface area contributed by atoms with Crippen LogP contribution in [0, 0.1) is 5.92 Å². The quantitative estimate of drug-likeness (QED) is 0.620. The highest BCUT2D eigenvalue weighted by atomic mass is 16.5. The molecule has 2 N–H and O–H groups in total. The number of carboxylic acids is 1. The van der Waals surface area contributed by atoms with Crippen LogP contribution >= 0.6 is 0 Å². The van der Waals surface area contributed by atoms with E-state index in [1.165, 1.54) is 17.7 Å². The first kappa shape index (κ1) is 15.8. The molecule has 2 amide bonds. The third-order valence-electron chi connectivity index (χ3n) is 2.98. The van der Waals surface area contributed by atoms with E-state index in [0.717, 1.165) is 18.9 Å². The highest BCUT2D eigenvalue weighted by Crippen LogP contribution is 2.28. The number of nitrogens with one attached hydrogen (secondary N) is 1. The fourth-order valence-corrected chi connectivity index (χ4v) is 1.64. The molecule has 19 heavy (non-hydrogen) atoms. The maximum atomic E-state index is 11.8. The molecule has 0 spiro atoms. The normalized spacial score (nSPS) is 14.5. The standard InChI is InChI=1S/C13H24N2O4/c1-10(2)15(8-12(16)17)13(18)14-6-3-7-19-9-11-4-5-11/h10-11H,3-9H2,1-2H3,(H,14,18)(H,16,17). The van der Waals surface area contributed by atoms with Gasteiger partial charge < -0.3 is 20.1 Å². The predicted molar refractivity (Wildman–Crippen MR) is 71.0 cm³/mol. The molecule has 0 unspecified atom stereocenters. The Bertz CT molecular complexity index is 303. The number of carbonyl (C=O) groups excluding carboxylic acids is 1. The van der Waals surface area contributed by atoms with Crippen molar-refractivity contribution in [3.05, 3.63) is 0 Å². The predicted octanol–water partition coefficient (Wildman–Crippen LogP) is 1.31. The maximum absolute atomic E-state index is 11.8. The fraction of sp³-hybridized carbons (Fsp3) is 0.846. The number of carbonyl (C=O) groups is 2. The van der Waals surface area contributed by atoms with Crippen LogP contribution < -0.4 is 5.32 Å². The molecule has 0 radical (unpaired) electrons. The van der Waals surface area contributed by atoms with Crippen molar-refractivity contribution < 1.29 is 19.4 Å². The summed E-state index contributed by atoms with van der Waals surface area (Å²) in [7, 11) is 0. The van der Waals surface area contributed by atoms with Gasteiger partial charge >= 0.3 is 12.0 Å². The van der Waals surface area contributed by atoms with Gasteiger partial charge in [-0.15, -0.1) is 0 Å². The molecule has 0 saturated heterocycles. The van der Waals surface area contributed by atoms with Crippen LogP contribution in [0.25, 0.3) is 0 Å². The lowest BCUT2D eigenvalue weighted by atomic mass is 10.3. The Hall–Kier alpha value is -1.30. The molecule has 0 aliphatic heterocycles. The van der Waals surface area contributed by atoms with Crippen LogP contribution in [0.2, 0.25) is 0 Å². The zero-order chi connectivity index (χ0) is 14.3. The number of rotatable bonds is 9. The largest absolute Gasteiger partial charge is 0.480 e. The van der Waals surface area contributed by atoms with Crippen LogP contribution in [-0.2, 0) is 9.53 Å². The number of hydrogen-bond acceptors (Lipinski definition) is 3. The van der Waals surface area contributed by atoms with Crippen LogP contribution in [0.15, 0.2) is 0 Å². The van der Waals surface area contributed by atoms with Crippen LogP contribution in [0.1, 0.15) is 33.1 Å². The second-order valence-electron chi connectivity index (χ2n) is 5.22. The Labute approximate surface area is 114 Å². The second-order valence-corrected chi connectivity index (χ2v) is 5.22. The second kappa shape index (κ2) is 7.99. The summed E-state index contributed by atoms with van der Waals surface area (Å²) in [5.41, 5.74) is 0. The van der Waals surface area contributed by atoms with Crippen LogP contribution in [0.5, 0.6) is 0 Å². The number of carboxylic acid groups (broad SMARTS) is 1. The number of urea groups is 1. The molecular formula is C13H24N2O4. The molecule has 6 nitrogen and oxygen atoms in total. The summed E-state index contributed by atoms with van der Waals surface area (Å²) in [4.78, 5) is 23.7. The SMILES string of the molecule is CC(C)N(CC(=O)O)C(=O)NCCCOCC1CC1. The van der Waals surface area contributed by atoms with Crippen molar-refractivity contribution in [1.82, 2.24) is 10.2 Å². The summed E-state index contributed by atoms with van der Waals surface area (Å²) in [5.74, 6) is -0.252. The molecule has 1 aliphatic rings. The summed E-state index contributed by atoms with van der Waals surface area (Å²) < 4.78 is 5.45. The van der Waals surface area contributed by atoms with E-state index < -0.39 is 5.97 Å². The van der Waals surface area contributed by atoms with Crippen molar-refractivity contribution in [2.24, 2.45) is 5.92 Å². The Balaban J connectivity index is 2.10. The van der Waals surface area contributed by atoms with E-state index in [9.17, 15) is 9.59 Å². The molecule has 6 heteroatoms. The van der Waals surface area contributed by atoms with Crippen molar-refractivity contribution in [1.29, 1.82) is 0 Å². The molecule has 1 fully saturated rings. The van der Waals surface area contributed by atoms with Gasteiger partial charge in [-0.2, -0.15) is 0 Å². The maximum Gasteiger partial charge on any atom is 0.323 e. The van der Waals surface area contributed by atoms with Gasteiger partial charge in [0, 0.05) is 25.8 Å². The summed E-state index contributed by atoms with van der Waals surface area (Å²) in [5, 5.41) is 11.5. The van der Waals surface area contributed by atoms with E-state index in [-0.39, 0.29) is 18.6 Å². The van der Waals surface area contributed by atoms with Gasteiger partial charge in [0.05, 0.1) is 0 Å². The van der Waals surface area contributed by atoms with Gasteiger partial charge in [0.25, 0.3) is 0 Å². The van der Waals surface area contributed by atoms with E-state index in [0.29, 0.717) is 13.2 Å². The molecule has 1 saturated carbocycles. The van der Waals surface area contributed by atoms with Crippen LogP contribution in [-0.4, -0.2) is 54.4 Å². The van der Waals surface area contributed by atoms with Gasteiger partial charge in [0.2, 0.25) is 0 Å². The smallest absolute Gasteiger partial charge is 0.323 e. The minimum absolute atomic E-state index is 0.137. The van der Waals surface area contributed by atoms with Crippen molar-refractivity contribution in [2.45, 2.75) is 39.2 Å². The Morgan fingerprint density at radius 1 is 1.42 bits per heavy atom. The van der Waals surface area contributed by atoms with E-state index in [2.05, 4.69) is 5.32 Å². The van der Waals surface area contributed by atoms with E-state index in [1.54, 1.807) is 13.8 Å². The lowest BCUT2D eigenvalue weighted by Gasteiger charge is -2.25. The summed E-state index contributed by atoms with van der Waals surface area (Å²) >= 11 is 0. The first-order valence-corrected chi connectivity index (χ1v) is 6.84. The van der Waals surface area contributed by atoms with Crippen molar-refractivity contribution in [2.75, 3.05) is 26.3 Å². The van der Waals surface area contributed by atoms with Crippen LogP contribution in [0.4, 0.5) is 4.79 Å². The molecular weight excluding hydrogens is 248 g/mol. The topological polar surface area (TPSA) is 78.9 Å². The van der Waals surface area contributed by atoms with E-state index in [4.69, 9.17) is 9.84 Å². The highest BCUT2D eigenvalue weighted by Gasteiger charge is 2.21. The first-order chi connectivity index (χ1) is 9.00. The molecule has 0 aromatic rings.